The third-order valence-electron chi connectivity index (χ3n) is 1.64. The normalized spacial score (nSPS) is 8.86. The number of hydrogen-bond acceptors (Lipinski definition) is 3. The van der Waals surface area contributed by atoms with Crippen molar-refractivity contribution in [3.8, 4) is 0 Å². The van der Waals surface area contributed by atoms with Crippen LogP contribution < -0.4 is 11.3 Å². The number of anilines is 1. The lowest BCUT2D eigenvalue weighted by atomic mass is 10.4. The van der Waals surface area contributed by atoms with Crippen LogP contribution in [0.1, 0.15) is 0 Å². The van der Waals surface area contributed by atoms with Crippen molar-refractivity contribution in [1.82, 2.24) is 9.38 Å². The zero-order valence-electron chi connectivity index (χ0n) is 7.08. The molecule has 2 aromatic heterocycles. The summed E-state index contributed by atoms with van der Waals surface area (Å²) in [6.45, 7) is 0. The molecule has 6 heteroatoms. The minimum Gasteiger partial charge on any atom is -0.393 e. The van der Waals surface area contributed by atoms with E-state index in [2.05, 4.69) is 4.98 Å². The first-order valence-corrected chi connectivity index (χ1v) is 3.51. The second-order valence-corrected chi connectivity index (χ2v) is 2.45. The van der Waals surface area contributed by atoms with Gasteiger partial charge in [-0.2, -0.15) is 0 Å². The van der Waals surface area contributed by atoms with Gasteiger partial charge in [0.1, 0.15) is 11.3 Å². The summed E-state index contributed by atoms with van der Waals surface area (Å²) >= 11 is 0. The lowest BCUT2D eigenvalue weighted by Gasteiger charge is -1.98. The summed E-state index contributed by atoms with van der Waals surface area (Å²) in [5, 5.41) is 0. The molecule has 0 saturated carbocycles. The van der Waals surface area contributed by atoms with Crippen LogP contribution in [0.5, 0.6) is 0 Å². The van der Waals surface area contributed by atoms with Gasteiger partial charge in [0.25, 0.3) is 5.56 Å². The van der Waals surface area contributed by atoms with E-state index in [0.717, 1.165) is 0 Å². The quantitative estimate of drug-likeness (QED) is 0.798. The first-order valence-electron chi connectivity index (χ1n) is 3.51. The summed E-state index contributed by atoms with van der Waals surface area (Å²) in [6.07, 6.45) is 3.01. The second kappa shape index (κ2) is 5.11. The van der Waals surface area contributed by atoms with Crippen molar-refractivity contribution in [3.05, 3.63) is 40.9 Å². The molecular weight excluding hydrogens is 314 g/mol. The molecule has 0 unspecified atom stereocenters. The van der Waals surface area contributed by atoms with Crippen molar-refractivity contribution < 1.29 is 0 Å². The summed E-state index contributed by atoms with van der Waals surface area (Å²) in [5.74, 6) is 0. The second-order valence-electron chi connectivity index (χ2n) is 2.45. The molecule has 0 radical (unpaired) electrons. The van der Waals surface area contributed by atoms with Gasteiger partial charge < -0.3 is 5.73 Å². The zero-order chi connectivity index (χ0) is 8.55. The number of nitrogen functional groups attached to an aromatic ring is 1. The monoisotopic (exact) mass is 321 g/mol. The van der Waals surface area contributed by atoms with E-state index in [1.54, 1.807) is 18.3 Å². The smallest absolute Gasteiger partial charge is 0.280 e. The van der Waals surface area contributed by atoms with Crippen LogP contribution in [0.4, 0.5) is 5.69 Å². The SMILES string of the molecule is Br.Br.Nc1cnc2ccccn2c1=O. The maximum Gasteiger partial charge on any atom is 0.280 e. The van der Waals surface area contributed by atoms with Gasteiger partial charge in [0.2, 0.25) is 0 Å². The van der Waals surface area contributed by atoms with Gasteiger partial charge in [0, 0.05) is 6.20 Å². The van der Waals surface area contributed by atoms with Crippen LogP contribution in [0.15, 0.2) is 35.4 Å². The number of rotatable bonds is 0. The summed E-state index contributed by atoms with van der Waals surface area (Å²) in [4.78, 5) is 15.3. The van der Waals surface area contributed by atoms with E-state index in [4.69, 9.17) is 5.73 Å². The van der Waals surface area contributed by atoms with E-state index >= 15 is 0 Å². The van der Waals surface area contributed by atoms with E-state index < -0.39 is 0 Å². The summed E-state index contributed by atoms with van der Waals surface area (Å²) in [7, 11) is 0. The van der Waals surface area contributed by atoms with Crippen LogP contribution in [0.2, 0.25) is 0 Å². The Bertz CT molecular complexity index is 483. The van der Waals surface area contributed by atoms with Crippen molar-refractivity contribution in [3.63, 3.8) is 0 Å². The number of aromatic nitrogens is 2. The van der Waals surface area contributed by atoms with Gasteiger partial charge in [-0.3, -0.25) is 9.20 Å². The van der Waals surface area contributed by atoms with Crippen LogP contribution in [0.25, 0.3) is 5.65 Å². The summed E-state index contributed by atoms with van der Waals surface area (Å²) < 4.78 is 1.41. The Hall–Kier alpha value is -0.880. The maximum atomic E-state index is 11.3. The van der Waals surface area contributed by atoms with E-state index in [0.29, 0.717) is 5.65 Å². The predicted molar refractivity (Wildman–Crippen MR) is 66.5 cm³/mol. The first kappa shape index (κ1) is 13.1. The van der Waals surface area contributed by atoms with Gasteiger partial charge in [0.05, 0.1) is 6.20 Å². The van der Waals surface area contributed by atoms with Crippen LogP contribution >= 0.6 is 34.0 Å². The lowest BCUT2D eigenvalue weighted by Crippen LogP contribution is -2.17. The highest BCUT2D eigenvalue weighted by molar-refractivity contribution is 8.93. The zero-order valence-corrected chi connectivity index (χ0v) is 10.5. The molecular formula is C8H9Br2N3O. The molecule has 0 atom stereocenters. The Labute approximate surface area is 101 Å². The average Bonchev–Trinajstić information content (AvgIpc) is 2.12. The third-order valence-corrected chi connectivity index (χ3v) is 1.64. The number of nitrogens with two attached hydrogens (primary N) is 1. The lowest BCUT2D eigenvalue weighted by molar-refractivity contribution is 1.05. The molecule has 0 bridgehead atoms. The van der Waals surface area contributed by atoms with Crippen molar-refractivity contribution >= 4 is 45.3 Å². The average molecular weight is 323 g/mol. The van der Waals surface area contributed by atoms with Crippen LogP contribution in [-0.4, -0.2) is 9.38 Å². The fraction of sp³-hybridized carbons (Fsp3) is 0. The van der Waals surface area contributed by atoms with Gasteiger partial charge >= 0.3 is 0 Å². The van der Waals surface area contributed by atoms with Crippen molar-refractivity contribution in [2.24, 2.45) is 0 Å². The molecule has 4 nitrogen and oxygen atoms in total. The number of pyridine rings is 1. The van der Waals surface area contributed by atoms with Gasteiger partial charge in [-0.15, -0.1) is 34.0 Å². The Balaban J connectivity index is 0.000000845. The molecule has 0 spiro atoms. The fourth-order valence-corrected chi connectivity index (χ4v) is 1.04. The molecule has 2 N–H and O–H groups in total. The van der Waals surface area contributed by atoms with E-state index in [1.807, 2.05) is 6.07 Å². The van der Waals surface area contributed by atoms with Crippen LogP contribution in [0.3, 0.4) is 0 Å². The fourth-order valence-electron chi connectivity index (χ4n) is 1.04. The molecule has 0 aliphatic rings. The molecule has 2 aromatic rings. The number of hydrogen-bond donors (Lipinski definition) is 1. The topological polar surface area (TPSA) is 60.4 Å². The Morgan fingerprint density at radius 1 is 1.29 bits per heavy atom. The molecule has 0 aliphatic carbocycles. The minimum absolute atomic E-state index is 0. The first-order chi connectivity index (χ1) is 5.79. The van der Waals surface area contributed by atoms with Gasteiger partial charge in [-0.25, -0.2) is 4.98 Å². The van der Waals surface area contributed by atoms with Gasteiger partial charge in [-0.05, 0) is 12.1 Å². The van der Waals surface area contributed by atoms with E-state index in [1.165, 1.54) is 10.6 Å². The van der Waals surface area contributed by atoms with Crippen LogP contribution in [-0.2, 0) is 0 Å². The summed E-state index contributed by atoms with van der Waals surface area (Å²) in [6, 6.07) is 5.33. The molecule has 0 saturated heterocycles. The van der Waals surface area contributed by atoms with E-state index in [-0.39, 0.29) is 45.2 Å². The Morgan fingerprint density at radius 2 is 2.00 bits per heavy atom. The van der Waals surface area contributed by atoms with Gasteiger partial charge in [-0.1, -0.05) is 6.07 Å². The van der Waals surface area contributed by atoms with Crippen molar-refractivity contribution in [2.45, 2.75) is 0 Å². The van der Waals surface area contributed by atoms with Gasteiger partial charge in [0.15, 0.2) is 0 Å². The standard InChI is InChI=1S/C8H7N3O.2BrH/c9-6-5-10-7-3-1-2-4-11(7)8(6)12;;/h1-5H,9H2;2*1H. The highest BCUT2D eigenvalue weighted by Crippen LogP contribution is 1.96. The third kappa shape index (κ3) is 2.13. The maximum absolute atomic E-state index is 11.3. The minimum atomic E-state index is -0.222. The highest BCUT2D eigenvalue weighted by atomic mass is 79.9. The highest BCUT2D eigenvalue weighted by Gasteiger charge is 1.97. The molecule has 0 aromatic carbocycles. The molecule has 2 rings (SSSR count). The van der Waals surface area contributed by atoms with Crippen molar-refractivity contribution in [2.75, 3.05) is 5.73 Å². The molecule has 0 fully saturated rings. The largest absolute Gasteiger partial charge is 0.393 e. The molecule has 0 aliphatic heterocycles. The number of halogens is 2. The molecule has 2 heterocycles. The molecule has 0 amide bonds. The molecule has 14 heavy (non-hydrogen) atoms. The van der Waals surface area contributed by atoms with Crippen LogP contribution in [0, 0.1) is 0 Å². The van der Waals surface area contributed by atoms with Crippen molar-refractivity contribution in [1.29, 1.82) is 0 Å². The molecule has 76 valence electrons. The Kier molecular flexibility index (Phi) is 4.79. The summed E-state index contributed by atoms with van der Waals surface area (Å²) in [5.41, 5.74) is 5.94. The number of nitrogens with zero attached hydrogens (tertiary/aromatic N) is 2. The van der Waals surface area contributed by atoms with E-state index in [9.17, 15) is 4.79 Å². The number of fused-ring (bicyclic) bond motifs is 1. The Morgan fingerprint density at radius 3 is 2.71 bits per heavy atom. The predicted octanol–water partition coefficient (Wildman–Crippen LogP) is 1.43.